The van der Waals surface area contributed by atoms with E-state index < -0.39 is 0 Å². The molecule has 1 aromatic heterocycles. The zero-order chi connectivity index (χ0) is 15.5. The summed E-state index contributed by atoms with van der Waals surface area (Å²) in [5.74, 6) is 1.50. The van der Waals surface area contributed by atoms with Crippen LogP contribution in [0, 0.1) is 0 Å². The molecule has 0 bridgehead atoms. The van der Waals surface area contributed by atoms with Gasteiger partial charge in [-0.25, -0.2) is 0 Å². The Kier molecular flexibility index (Phi) is 3.04. The zero-order valence-corrected chi connectivity index (χ0v) is 13.7. The van der Waals surface area contributed by atoms with Gasteiger partial charge in [0.05, 0.1) is 10.6 Å². The number of aryl methyl sites for hydroxylation is 2. The van der Waals surface area contributed by atoms with Crippen molar-refractivity contribution in [3.8, 4) is 0 Å². The van der Waals surface area contributed by atoms with E-state index in [0.29, 0.717) is 12.2 Å². The fourth-order valence-electron chi connectivity index (χ4n) is 3.89. The van der Waals surface area contributed by atoms with Crippen LogP contribution < -0.4 is 5.32 Å². The number of anilines is 1. The van der Waals surface area contributed by atoms with E-state index in [-0.39, 0.29) is 22.7 Å². The molecule has 0 radical (unpaired) electrons. The molecule has 1 aliphatic carbocycles. The first-order valence-corrected chi connectivity index (χ1v) is 8.80. The second kappa shape index (κ2) is 4.75. The van der Waals surface area contributed by atoms with Gasteiger partial charge in [0.1, 0.15) is 11.9 Å². The van der Waals surface area contributed by atoms with Crippen molar-refractivity contribution in [2.45, 2.75) is 49.9 Å². The smallest absolute Gasteiger partial charge is 0.249 e. The lowest BCUT2D eigenvalue weighted by Gasteiger charge is -2.29. The van der Waals surface area contributed by atoms with Crippen LogP contribution in [-0.2, 0) is 29.5 Å². The SMILES string of the molecule is Cn1nc2c(c1NC(=O)[C@H]1CS[C@]3(C)CCC(=O)N13)CCC2. The van der Waals surface area contributed by atoms with Crippen LogP contribution in [0.4, 0.5) is 5.82 Å². The van der Waals surface area contributed by atoms with Gasteiger partial charge in [0.2, 0.25) is 11.8 Å². The molecule has 4 rings (SSSR count). The Labute approximate surface area is 133 Å². The number of nitrogens with one attached hydrogen (secondary N) is 1. The van der Waals surface area contributed by atoms with Gasteiger partial charge in [-0.05, 0) is 32.6 Å². The first kappa shape index (κ1) is 14.1. The summed E-state index contributed by atoms with van der Waals surface area (Å²) in [7, 11) is 1.86. The number of hydrogen-bond donors (Lipinski definition) is 1. The summed E-state index contributed by atoms with van der Waals surface area (Å²) in [4.78, 5) is 26.5. The zero-order valence-electron chi connectivity index (χ0n) is 12.9. The topological polar surface area (TPSA) is 67.2 Å². The van der Waals surface area contributed by atoms with E-state index in [1.165, 1.54) is 0 Å². The lowest BCUT2D eigenvalue weighted by Crippen LogP contribution is -2.48. The van der Waals surface area contributed by atoms with Crippen molar-refractivity contribution in [3.05, 3.63) is 11.3 Å². The van der Waals surface area contributed by atoms with Gasteiger partial charge in [-0.3, -0.25) is 14.3 Å². The maximum Gasteiger partial charge on any atom is 0.249 e. The molecule has 2 aliphatic heterocycles. The Balaban J connectivity index is 1.57. The molecule has 2 atom stereocenters. The fourth-order valence-corrected chi connectivity index (χ4v) is 5.32. The molecule has 1 N–H and O–H groups in total. The normalized spacial score (nSPS) is 29.8. The third kappa shape index (κ3) is 1.91. The first-order chi connectivity index (χ1) is 10.5. The number of fused-ring (bicyclic) bond motifs is 2. The molecule has 0 spiro atoms. The summed E-state index contributed by atoms with van der Waals surface area (Å²) >= 11 is 1.72. The van der Waals surface area contributed by atoms with Crippen LogP contribution in [0.5, 0.6) is 0 Å². The number of aromatic nitrogens is 2. The average Bonchev–Trinajstić information content (AvgIpc) is 3.17. The van der Waals surface area contributed by atoms with Crippen molar-refractivity contribution >= 4 is 29.4 Å². The van der Waals surface area contributed by atoms with Gasteiger partial charge in [0.15, 0.2) is 0 Å². The molecule has 0 saturated carbocycles. The van der Waals surface area contributed by atoms with Gasteiger partial charge in [-0.1, -0.05) is 0 Å². The molecule has 1 aromatic rings. The number of amides is 2. The summed E-state index contributed by atoms with van der Waals surface area (Å²) in [6.45, 7) is 2.07. The molecule has 0 aromatic carbocycles. The largest absolute Gasteiger partial charge is 0.315 e. The first-order valence-electron chi connectivity index (χ1n) is 7.81. The summed E-state index contributed by atoms with van der Waals surface area (Å²) in [6.07, 6.45) is 4.44. The van der Waals surface area contributed by atoms with E-state index in [1.807, 2.05) is 7.05 Å². The highest BCUT2D eigenvalue weighted by Crippen LogP contribution is 2.47. The van der Waals surface area contributed by atoms with Crippen molar-refractivity contribution in [2.75, 3.05) is 11.1 Å². The second-order valence-electron chi connectivity index (χ2n) is 6.51. The molecule has 118 valence electrons. The summed E-state index contributed by atoms with van der Waals surface area (Å²) < 4.78 is 1.76. The van der Waals surface area contributed by atoms with Crippen LogP contribution in [0.1, 0.15) is 37.4 Å². The molecule has 2 amide bonds. The van der Waals surface area contributed by atoms with Crippen LogP contribution in [0.3, 0.4) is 0 Å². The minimum absolute atomic E-state index is 0.0795. The van der Waals surface area contributed by atoms with E-state index in [1.54, 1.807) is 21.3 Å². The Morgan fingerprint density at radius 2 is 2.23 bits per heavy atom. The van der Waals surface area contributed by atoms with E-state index in [2.05, 4.69) is 17.3 Å². The molecule has 22 heavy (non-hydrogen) atoms. The van der Waals surface area contributed by atoms with Crippen LogP contribution in [-0.4, -0.2) is 43.2 Å². The maximum atomic E-state index is 12.7. The number of carbonyl (C=O) groups is 2. The lowest BCUT2D eigenvalue weighted by molar-refractivity contribution is -0.135. The van der Waals surface area contributed by atoms with E-state index in [4.69, 9.17) is 0 Å². The number of nitrogens with zero attached hydrogens (tertiary/aromatic N) is 3. The monoisotopic (exact) mass is 320 g/mol. The van der Waals surface area contributed by atoms with Crippen LogP contribution in [0.15, 0.2) is 0 Å². The minimum atomic E-state index is -0.364. The molecule has 0 unspecified atom stereocenters. The van der Waals surface area contributed by atoms with Crippen LogP contribution >= 0.6 is 11.8 Å². The van der Waals surface area contributed by atoms with Crippen molar-refractivity contribution in [1.29, 1.82) is 0 Å². The van der Waals surface area contributed by atoms with Crippen molar-refractivity contribution in [3.63, 3.8) is 0 Å². The molecule has 2 saturated heterocycles. The summed E-state index contributed by atoms with van der Waals surface area (Å²) in [5, 5.41) is 7.52. The summed E-state index contributed by atoms with van der Waals surface area (Å²) in [6, 6.07) is -0.364. The quantitative estimate of drug-likeness (QED) is 0.892. The van der Waals surface area contributed by atoms with Crippen LogP contribution in [0.2, 0.25) is 0 Å². The number of hydrogen-bond acceptors (Lipinski definition) is 4. The molecule has 6 nitrogen and oxygen atoms in total. The van der Waals surface area contributed by atoms with Gasteiger partial charge < -0.3 is 10.2 Å². The average molecular weight is 320 g/mol. The third-order valence-corrected chi connectivity index (χ3v) is 6.56. The predicted molar refractivity (Wildman–Crippen MR) is 84.6 cm³/mol. The van der Waals surface area contributed by atoms with E-state index in [0.717, 1.165) is 42.8 Å². The highest BCUT2D eigenvalue weighted by molar-refractivity contribution is 8.01. The Morgan fingerprint density at radius 1 is 1.41 bits per heavy atom. The lowest BCUT2D eigenvalue weighted by atomic mass is 10.2. The second-order valence-corrected chi connectivity index (χ2v) is 8.01. The highest BCUT2D eigenvalue weighted by Gasteiger charge is 2.53. The van der Waals surface area contributed by atoms with Gasteiger partial charge in [-0.15, -0.1) is 11.8 Å². The van der Waals surface area contributed by atoms with Crippen molar-refractivity contribution in [1.82, 2.24) is 14.7 Å². The van der Waals surface area contributed by atoms with Crippen molar-refractivity contribution in [2.24, 2.45) is 7.05 Å². The molecule has 7 heteroatoms. The predicted octanol–water partition coefficient (Wildman–Crippen LogP) is 1.30. The van der Waals surface area contributed by atoms with Gasteiger partial charge in [0, 0.05) is 24.8 Å². The summed E-state index contributed by atoms with van der Waals surface area (Å²) in [5.41, 5.74) is 2.26. The minimum Gasteiger partial charge on any atom is -0.315 e. The van der Waals surface area contributed by atoms with Gasteiger partial charge in [-0.2, -0.15) is 5.10 Å². The standard InChI is InChI=1S/C15H20N4O2S/c1-15-7-6-12(20)19(15)11(8-22-15)14(21)16-13-9-4-3-5-10(9)17-18(13)2/h11H,3-8H2,1-2H3,(H,16,21)/t11-,15-/m1/s1. The Morgan fingerprint density at radius 3 is 3.05 bits per heavy atom. The fraction of sp³-hybridized carbons (Fsp3) is 0.667. The van der Waals surface area contributed by atoms with E-state index >= 15 is 0 Å². The molecule has 2 fully saturated rings. The van der Waals surface area contributed by atoms with Crippen molar-refractivity contribution < 1.29 is 9.59 Å². The molecular weight excluding hydrogens is 300 g/mol. The van der Waals surface area contributed by atoms with Gasteiger partial charge in [0.25, 0.3) is 0 Å². The maximum absolute atomic E-state index is 12.7. The van der Waals surface area contributed by atoms with Crippen LogP contribution in [0.25, 0.3) is 0 Å². The highest BCUT2D eigenvalue weighted by atomic mass is 32.2. The van der Waals surface area contributed by atoms with E-state index in [9.17, 15) is 9.59 Å². The molecular formula is C15H20N4O2S. The third-order valence-electron chi connectivity index (χ3n) is 5.06. The Hall–Kier alpha value is -1.50. The number of carbonyl (C=O) groups excluding carboxylic acids is 2. The number of rotatable bonds is 2. The molecule has 3 heterocycles. The number of thioether (sulfide) groups is 1. The molecule has 3 aliphatic rings. The Bertz CT molecular complexity index is 671. The van der Waals surface area contributed by atoms with Gasteiger partial charge >= 0.3 is 0 Å².